The summed E-state index contributed by atoms with van der Waals surface area (Å²) < 4.78 is 10.9. The van der Waals surface area contributed by atoms with Crippen molar-refractivity contribution >= 4 is 17.6 Å². The maximum atomic E-state index is 13.0. The van der Waals surface area contributed by atoms with Crippen molar-refractivity contribution in [1.82, 2.24) is 0 Å². The molecule has 0 unspecified atom stereocenters. The van der Waals surface area contributed by atoms with E-state index in [1.807, 2.05) is 30.3 Å². The molecule has 2 aromatic carbocycles. The van der Waals surface area contributed by atoms with Crippen molar-refractivity contribution in [2.24, 2.45) is 35.5 Å². The maximum absolute atomic E-state index is 13.0. The average molecular weight is 405 g/mol. The molecule has 2 N–H and O–H groups in total. The SMILES string of the molecule is COc1ccc(Oc2ccc(NC(=O)[C@@H]3[C@@H]4C=C[C@H]([C@H]5C[C@H]45)[C@@H]3C(=O)O)cc2)cc1. The van der Waals surface area contributed by atoms with Gasteiger partial charge in [-0.3, -0.25) is 9.59 Å². The molecule has 4 aliphatic rings. The summed E-state index contributed by atoms with van der Waals surface area (Å²) in [6.07, 6.45) is 5.12. The van der Waals surface area contributed by atoms with Gasteiger partial charge in [0, 0.05) is 5.69 Å². The number of ether oxygens (including phenoxy) is 2. The van der Waals surface area contributed by atoms with Crippen molar-refractivity contribution in [3.63, 3.8) is 0 Å². The highest BCUT2D eigenvalue weighted by atomic mass is 16.5. The molecule has 1 amide bonds. The van der Waals surface area contributed by atoms with Crippen molar-refractivity contribution in [3.05, 3.63) is 60.7 Å². The number of amides is 1. The van der Waals surface area contributed by atoms with Crippen LogP contribution < -0.4 is 14.8 Å². The second-order valence-corrected chi connectivity index (χ2v) is 8.28. The van der Waals surface area contributed by atoms with E-state index in [4.69, 9.17) is 9.47 Å². The quantitative estimate of drug-likeness (QED) is 0.704. The molecule has 0 radical (unpaired) electrons. The minimum atomic E-state index is -0.872. The van der Waals surface area contributed by atoms with Gasteiger partial charge in [0.1, 0.15) is 17.2 Å². The van der Waals surface area contributed by atoms with Gasteiger partial charge in [-0.2, -0.15) is 0 Å². The van der Waals surface area contributed by atoms with E-state index in [1.54, 1.807) is 31.4 Å². The minimum Gasteiger partial charge on any atom is -0.497 e. The third-order valence-electron chi connectivity index (χ3n) is 6.66. The lowest BCUT2D eigenvalue weighted by atomic mass is 9.62. The maximum Gasteiger partial charge on any atom is 0.307 e. The van der Waals surface area contributed by atoms with Gasteiger partial charge in [0.05, 0.1) is 18.9 Å². The lowest BCUT2D eigenvalue weighted by molar-refractivity contribution is -0.152. The number of fused-ring (bicyclic) bond motifs is 1. The minimum absolute atomic E-state index is 0.0199. The zero-order valence-corrected chi connectivity index (χ0v) is 16.5. The number of nitrogens with one attached hydrogen (secondary N) is 1. The van der Waals surface area contributed by atoms with E-state index in [-0.39, 0.29) is 17.7 Å². The molecular weight excluding hydrogens is 382 g/mol. The fraction of sp³-hybridized carbons (Fsp3) is 0.333. The lowest BCUT2D eigenvalue weighted by Gasteiger charge is -2.41. The average Bonchev–Trinajstić information content (AvgIpc) is 3.58. The summed E-state index contributed by atoms with van der Waals surface area (Å²) in [5, 5.41) is 12.7. The third-order valence-corrected chi connectivity index (χ3v) is 6.66. The smallest absolute Gasteiger partial charge is 0.307 e. The number of hydrogen-bond acceptors (Lipinski definition) is 4. The Morgan fingerprint density at radius 2 is 1.40 bits per heavy atom. The van der Waals surface area contributed by atoms with Crippen LogP contribution in [0.5, 0.6) is 17.2 Å². The number of allylic oxidation sites excluding steroid dienone is 2. The molecule has 0 saturated heterocycles. The van der Waals surface area contributed by atoms with Gasteiger partial charge in [-0.15, -0.1) is 0 Å². The standard InChI is InChI=1S/C24H23NO5/c1-29-14-6-8-16(9-7-14)30-15-4-2-13(3-5-15)25-23(26)21-17-10-11-18(20-12-19(17)20)22(21)24(27)28/h2-11,17-22H,12H2,1H3,(H,25,26)(H,27,28)/t17-,18-,19-,20-,21-,22+/m1/s1. The molecule has 2 saturated carbocycles. The topological polar surface area (TPSA) is 84.9 Å². The lowest BCUT2D eigenvalue weighted by Crippen LogP contribution is -2.48. The van der Waals surface area contributed by atoms with Crippen molar-refractivity contribution < 1.29 is 24.2 Å². The number of anilines is 1. The van der Waals surface area contributed by atoms with Crippen molar-refractivity contribution in [2.75, 3.05) is 12.4 Å². The number of rotatable bonds is 6. The molecule has 4 aliphatic carbocycles. The van der Waals surface area contributed by atoms with Gasteiger partial charge in [-0.1, -0.05) is 12.2 Å². The molecule has 154 valence electrons. The van der Waals surface area contributed by atoms with Crippen LogP contribution >= 0.6 is 0 Å². The predicted molar refractivity (Wildman–Crippen MR) is 110 cm³/mol. The van der Waals surface area contributed by atoms with Crippen LogP contribution in [-0.2, 0) is 9.59 Å². The van der Waals surface area contributed by atoms with Crippen LogP contribution in [0.3, 0.4) is 0 Å². The molecule has 0 aromatic heterocycles. The van der Waals surface area contributed by atoms with Gasteiger partial charge >= 0.3 is 5.97 Å². The number of aliphatic carboxylic acids is 1. The Balaban J connectivity index is 1.27. The second kappa shape index (κ2) is 7.20. The first-order valence-corrected chi connectivity index (χ1v) is 10.2. The number of carbonyl (C=O) groups is 2. The first kappa shape index (κ1) is 18.7. The van der Waals surface area contributed by atoms with Crippen molar-refractivity contribution in [1.29, 1.82) is 0 Å². The Hall–Kier alpha value is -3.28. The zero-order valence-electron chi connectivity index (χ0n) is 16.5. The first-order valence-electron chi connectivity index (χ1n) is 10.2. The molecule has 0 spiro atoms. The number of carboxylic acids is 1. The van der Waals surface area contributed by atoms with Gasteiger partial charge in [0.25, 0.3) is 0 Å². The van der Waals surface area contributed by atoms with Gasteiger partial charge in [0.15, 0.2) is 0 Å². The van der Waals surface area contributed by atoms with E-state index in [0.29, 0.717) is 29.0 Å². The van der Waals surface area contributed by atoms with E-state index >= 15 is 0 Å². The summed E-state index contributed by atoms with van der Waals surface area (Å²) in [5.41, 5.74) is 0.629. The highest BCUT2D eigenvalue weighted by molar-refractivity contribution is 5.96. The molecule has 0 heterocycles. The normalized spacial score (nSPS) is 30.3. The Kier molecular flexibility index (Phi) is 4.50. The van der Waals surface area contributed by atoms with Crippen LogP contribution in [0, 0.1) is 35.5 Å². The highest BCUT2D eigenvalue weighted by Crippen LogP contribution is 2.63. The third kappa shape index (κ3) is 3.22. The second-order valence-electron chi connectivity index (χ2n) is 8.28. The Morgan fingerprint density at radius 1 is 0.867 bits per heavy atom. The summed E-state index contributed by atoms with van der Waals surface area (Å²) in [6.45, 7) is 0. The summed E-state index contributed by atoms with van der Waals surface area (Å²) in [4.78, 5) is 24.9. The molecular formula is C24H23NO5. The predicted octanol–water partition coefficient (Wildman–Crippen LogP) is 4.19. The van der Waals surface area contributed by atoms with Crippen LogP contribution in [0.1, 0.15) is 6.42 Å². The van der Waals surface area contributed by atoms with E-state index in [9.17, 15) is 14.7 Å². The van der Waals surface area contributed by atoms with Crippen molar-refractivity contribution in [3.8, 4) is 17.2 Å². The van der Waals surface area contributed by atoms with E-state index in [1.165, 1.54) is 0 Å². The van der Waals surface area contributed by atoms with Gasteiger partial charge in [0.2, 0.25) is 5.91 Å². The molecule has 0 aliphatic heterocycles. The summed E-state index contributed by atoms with van der Waals surface area (Å²) in [5.74, 6) is 0.752. The summed E-state index contributed by atoms with van der Waals surface area (Å²) in [6, 6.07) is 14.4. The Morgan fingerprint density at radius 3 is 1.97 bits per heavy atom. The molecule has 6 heteroatoms. The number of carboxylic acid groups (broad SMARTS) is 1. The molecule has 30 heavy (non-hydrogen) atoms. The van der Waals surface area contributed by atoms with Crippen LogP contribution in [0.15, 0.2) is 60.7 Å². The molecule has 2 bridgehead atoms. The van der Waals surface area contributed by atoms with Gasteiger partial charge in [-0.05, 0) is 78.6 Å². The molecule has 6 rings (SSSR count). The van der Waals surface area contributed by atoms with Gasteiger partial charge < -0.3 is 19.9 Å². The number of hydrogen-bond donors (Lipinski definition) is 2. The number of benzene rings is 2. The van der Waals surface area contributed by atoms with Crippen LogP contribution in [-0.4, -0.2) is 24.1 Å². The number of carbonyl (C=O) groups excluding carboxylic acids is 1. The monoisotopic (exact) mass is 405 g/mol. The molecule has 2 aromatic rings. The van der Waals surface area contributed by atoms with Crippen LogP contribution in [0.4, 0.5) is 5.69 Å². The summed E-state index contributed by atoms with van der Waals surface area (Å²) >= 11 is 0. The van der Waals surface area contributed by atoms with Crippen LogP contribution in [0.25, 0.3) is 0 Å². The molecule has 2 fully saturated rings. The molecule has 6 nitrogen and oxygen atoms in total. The fourth-order valence-corrected chi connectivity index (χ4v) is 5.18. The van der Waals surface area contributed by atoms with E-state index < -0.39 is 17.8 Å². The largest absolute Gasteiger partial charge is 0.497 e. The van der Waals surface area contributed by atoms with E-state index in [0.717, 1.165) is 12.2 Å². The Bertz CT molecular complexity index is 997. The zero-order chi connectivity index (χ0) is 20.8. The van der Waals surface area contributed by atoms with E-state index in [2.05, 4.69) is 11.4 Å². The number of methoxy groups -OCH3 is 1. The van der Waals surface area contributed by atoms with Crippen molar-refractivity contribution in [2.45, 2.75) is 6.42 Å². The summed E-state index contributed by atoms with van der Waals surface area (Å²) in [7, 11) is 1.61. The highest BCUT2D eigenvalue weighted by Gasteiger charge is 2.62. The first-order chi connectivity index (χ1) is 14.5. The van der Waals surface area contributed by atoms with Crippen LogP contribution in [0.2, 0.25) is 0 Å². The molecule has 6 atom stereocenters. The van der Waals surface area contributed by atoms with Gasteiger partial charge in [-0.25, -0.2) is 0 Å². The fourth-order valence-electron chi connectivity index (χ4n) is 5.18. The Labute approximate surface area is 174 Å².